The van der Waals surface area contributed by atoms with Crippen LogP contribution in [-0.2, 0) is 30.2 Å². The molecule has 0 bridgehead atoms. The van der Waals surface area contributed by atoms with E-state index in [0.29, 0.717) is 23.5 Å². The molecule has 0 aliphatic heterocycles. The molecular formula is C24H33N3O6. The highest BCUT2D eigenvalue weighted by molar-refractivity contribution is 5.97. The first kappa shape index (κ1) is 25.9. The lowest BCUT2D eigenvalue weighted by molar-refractivity contribution is -0.154. The molecule has 180 valence electrons. The lowest BCUT2D eigenvalue weighted by Crippen LogP contribution is -2.34. The third-order valence-electron chi connectivity index (χ3n) is 3.95. The first-order valence-corrected chi connectivity index (χ1v) is 10.9. The Morgan fingerprint density at radius 1 is 1.06 bits per heavy atom. The van der Waals surface area contributed by atoms with E-state index < -0.39 is 29.2 Å². The van der Waals surface area contributed by atoms with Crippen LogP contribution in [0, 0.1) is 0 Å². The van der Waals surface area contributed by atoms with Crippen molar-refractivity contribution in [2.24, 2.45) is 0 Å². The molecule has 0 aliphatic carbocycles. The summed E-state index contributed by atoms with van der Waals surface area (Å²) in [6.07, 6.45) is 2.94. The topological polar surface area (TPSA) is 108 Å². The normalized spacial score (nSPS) is 12.4. The molecule has 9 heteroatoms. The zero-order valence-corrected chi connectivity index (χ0v) is 20.4. The molecule has 0 saturated heterocycles. The second-order valence-electron chi connectivity index (χ2n) is 9.45. The summed E-state index contributed by atoms with van der Waals surface area (Å²) < 4.78 is 17.6. The number of hydrogen-bond acceptors (Lipinski definition) is 7. The number of esters is 2. The highest BCUT2D eigenvalue weighted by Crippen LogP contribution is 2.18. The molecule has 0 fully saturated rings. The van der Waals surface area contributed by atoms with Gasteiger partial charge in [0.15, 0.2) is 0 Å². The molecule has 0 spiro atoms. The van der Waals surface area contributed by atoms with E-state index in [1.54, 1.807) is 64.3 Å². The molecule has 0 atom stereocenters. The van der Waals surface area contributed by atoms with Gasteiger partial charge in [-0.1, -0.05) is 13.0 Å². The number of carbonyl (C=O) groups is 3. The van der Waals surface area contributed by atoms with Crippen LogP contribution < -0.4 is 5.32 Å². The van der Waals surface area contributed by atoms with Gasteiger partial charge in [0.2, 0.25) is 0 Å². The van der Waals surface area contributed by atoms with Crippen LogP contribution in [0.3, 0.4) is 0 Å². The van der Waals surface area contributed by atoms with Crippen LogP contribution in [-0.4, -0.2) is 45.2 Å². The maximum Gasteiger partial charge on any atom is 0.412 e. The second kappa shape index (κ2) is 10.5. The number of rotatable bonds is 7. The van der Waals surface area contributed by atoms with E-state index in [2.05, 4.69) is 10.3 Å². The number of imidazole rings is 1. The summed E-state index contributed by atoms with van der Waals surface area (Å²) >= 11 is 0. The molecule has 9 nitrogen and oxygen atoms in total. The number of aromatic nitrogens is 2. The Labute approximate surface area is 194 Å². The lowest BCUT2D eigenvalue weighted by atomic mass is 10.2. The van der Waals surface area contributed by atoms with Crippen LogP contribution in [0.5, 0.6) is 0 Å². The largest absolute Gasteiger partial charge is 0.461 e. The van der Waals surface area contributed by atoms with Gasteiger partial charge in [0.25, 0.3) is 0 Å². The van der Waals surface area contributed by atoms with Gasteiger partial charge in [0, 0.05) is 6.20 Å². The van der Waals surface area contributed by atoms with Crippen molar-refractivity contribution in [1.82, 2.24) is 14.7 Å². The predicted molar refractivity (Wildman–Crippen MR) is 123 cm³/mol. The van der Waals surface area contributed by atoms with Crippen LogP contribution in [0.4, 0.5) is 4.79 Å². The first-order chi connectivity index (χ1) is 15.3. The highest BCUT2D eigenvalue weighted by Gasteiger charge is 2.23. The Morgan fingerprint density at radius 2 is 1.73 bits per heavy atom. The molecule has 1 N–H and O–H groups in total. The number of hydrogen-bond donors (Lipinski definition) is 1. The maximum absolute atomic E-state index is 12.6. The van der Waals surface area contributed by atoms with Gasteiger partial charge in [0.1, 0.15) is 29.1 Å². The smallest absolute Gasteiger partial charge is 0.412 e. The fourth-order valence-electron chi connectivity index (χ4n) is 2.83. The molecule has 2 heterocycles. The third-order valence-corrected chi connectivity index (χ3v) is 3.95. The van der Waals surface area contributed by atoms with E-state index in [1.165, 1.54) is 6.08 Å². The summed E-state index contributed by atoms with van der Waals surface area (Å²) in [5.74, 6) is -0.707. The number of nitrogens with one attached hydrogen (secondary N) is 1. The molecule has 0 radical (unpaired) electrons. The fraction of sp³-hybridized carbons (Fsp3) is 0.500. The van der Waals surface area contributed by atoms with E-state index in [-0.39, 0.29) is 18.7 Å². The zero-order valence-electron chi connectivity index (χ0n) is 20.4. The summed E-state index contributed by atoms with van der Waals surface area (Å²) in [5, 5.41) is 2.46. The molecule has 2 aromatic heterocycles. The number of amides is 1. The predicted octanol–water partition coefficient (Wildman–Crippen LogP) is 4.04. The van der Waals surface area contributed by atoms with Gasteiger partial charge in [0.05, 0.1) is 17.8 Å². The molecule has 0 aliphatic rings. The molecule has 1 amide bonds. The average Bonchev–Trinajstić information content (AvgIpc) is 3.00. The Balaban J connectivity index is 2.44. The molecule has 0 saturated carbocycles. The number of ether oxygens (including phenoxy) is 3. The van der Waals surface area contributed by atoms with E-state index >= 15 is 0 Å². The van der Waals surface area contributed by atoms with Crippen molar-refractivity contribution in [2.75, 3.05) is 6.61 Å². The van der Waals surface area contributed by atoms with Crippen molar-refractivity contribution in [1.29, 1.82) is 0 Å². The molecule has 2 rings (SSSR count). The van der Waals surface area contributed by atoms with E-state index in [1.807, 2.05) is 13.0 Å². The SMILES string of the molecule is CCCOC(=O)/C(=C/c1nc(CC(=O)OC(C)(C)C)n2ccccc12)NC(=O)OC(C)(C)C. The molecular weight excluding hydrogens is 426 g/mol. The van der Waals surface area contributed by atoms with Crippen molar-refractivity contribution in [3.8, 4) is 0 Å². The number of pyridine rings is 1. The summed E-state index contributed by atoms with van der Waals surface area (Å²) in [7, 11) is 0. The number of alkyl carbamates (subject to hydrolysis) is 1. The van der Waals surface area contributed by atoms with Crippen molar-refractivity contribution in [2.45, 2.75) is 72.5 Å². The van der Waals surface area contributed by atoms with Gasteiger partial charge in [-0.3, -0.25) is 10.1 Å². The minimum atomic E-state index is -0.792. The van der Waals surface area contributed by atoms with E-state index in [4.69, 9.17) is 14.2 Å². The Bertz CT molecular complexity index is 1040. The van der Waals surface area contributed by atoms with Crippen LogP contribution in [0.1, 0.15) is 66.4 Å². The molecule has 0 unspecified atom stereocenters. The minimum Gasteiger partial charge on any atom is -0.461 e. The summed E-state index contributed by atoms with van der Waals surface area (Å²) in [5.41, 5.74) is -0.466. The summed E-state index contributed by atoms with van der Waals surface area (Å²) in [6.45, 7) is 12.6. The van der Waals surface area contributed by atoms with Gasteiger partial charge in [-0.25, -0.2) is 14.6 Å². The lowest BCUT2D eigenvalue weighted by Gasteiger charge is -2.20. The van der Waals surface area contributed by atoms with Gasteiger partial charge >= 0.3 is 18.0 Å². The summed E-state index contributed by atoms with van der Waals surface area (Å²) in [4.78, 5) is 41.8. The summed E-state index contributed by atoms with van der Waals surface area (Å²) in [6, 6.07) is 5.40. The number of nitrogens with zero attached hydrogens (tertiary/aromatic N) is 2. The van der Waals surface area contributed by atoms with Gasteiger partial charge in [-0.15, -0.1) is 0 Å². The average molecular weight is 460 g/mol. The van der Waals surface area contributed by atoms with E-state index in [9.17, 15) is 14.4 Å². The Kier molecular flexibility index (Phi) is 8.24. The Morgan fingerprint density at radius 3 is 2.33 bits per heavy atom. The maximum atomic E-state index is 12.6. The van der Waals surface area contributed by atoms with Crippen LogP contribution >= 0.6 is 0 Å². The zero-order chi connectivity index (χ0) is 24.8. The van der Waals surface area contributed by atoms with E-state index in [0.717, 1.165) is 0 Å². The molecule has 0 aromatic carbocycles. The standard InChI is InChI=1S/C24H33N3O6/c1-8-13-31-21(29)17(26-22(30)33-24(5,6)7)14-16-18-11-9-10-12-27(18)19(25-16)15-20(28)32-23(2,3)4/h9-12,14H,8,13,15H2,1-7H3,(H,26,30)/b17-14-. The first-order valence-electron chi connectivity index (χ1n) is 10.9. The molecule has 33 heavy (non-hydrogen) atoms. The van der Waals surface area contributed by atoms with Gasteiger partial charge < -0.3 is 18.6 Å². The third kappa shape index (κ3) is 8.25. The van der Waals surface area contributed by atoms with Gasteiger partial charge in [-0.2, -0.15) is 0 Å². The Hall–Kier alpha value is -3.36. The highest BCUT2D eigenvalue weighted by atomic mass is 16.6. The van der Waals surface area contributed by atoms with Crippen LogP contribution in [0.2, 0.25) is 0 Å². The van der Waals surface area contributed by atoms with Gasteiger partial charge in [-0.05, 0) is 66.2 Å². The van der Waals surface area contributed by atoms with Crippen molar-refractivity contribution >= 4 is 29.6 Å². The monoisotopic (exact) mass is 459 g/mol. The fourth-order valence-corrected chi connectivity index (χ4v) is 2.83. The van der Waals surface area contributed by atoms with Crippen molar-refractivity contribution in [3.05, 3.63) is 41.6 Å². The van der Waals surface area contributed by atoms with Crippen LogP contribution in [0.15, 0.2) is 30.1 Å². The van der Waals surface area contributed by atoms with Crippen LogP contribution in [0.25, 0.3) is 11.6 Å². The van der Waals surface area contributed by atoms with Crippen molar-refractivity contribution < 1.29 is 28.6 Å². The second-order valence-corrected chi connectivity index (χ2v) is 9.45. The molecule has 2 aromatic rings. The quantitative estimate of drug-likeness (QED) is 0.378. The van der Waals surface area contributed by atoms with Crippen molar-refractivity contribution in [3.63, 3.8) is 0 Å². The minimum absolute atomic E-state index is 0.0641. The number of carbonyl (C=O) groups excluding carboxylic acids is 3. The number of fused-ring (bicyclic) bond motifs is 1.